The van der Waals surface area contributed by atoms with E-state index in [1.165, 1.54) is 0 Å². The first-order valence-corrected chi connectivity index (χ1v) is 8.49. The molecule has 0 bridgehead atoms. The van der Waals surface area contributed by atoms with Crippen LogP contribution in [0.2, 0.25) is 0 Å². The minimum absolute atomic E-state index is 0. The smallest absolute Gasteiger partial charge is 0.251 e. The Morgan fingerprint density at radius 3 is 2.75 bits per heavy atom. The summed E-state index contributed by atoms with van der Waals surface area (Å²) in [7, 11) is 0. The quantitative estimate of drug-likeness (QED) is 0.751. The third-order valence-electron chi connectivity index (χ3n) is 4.68. The van der Waals surface area contributed by atoms with Crippen molar-refractivity contribution in [3.05, 3.63) is 29.8 Å². The summed E-state index contributed by atoms with van der Waals surface area (Å²) < 4.78 is 11.3. The maximum Gasteiger partial charge on any atom is 0.251 e. The first-order valence-electron chi connectivity index (χ1n) is 8.49. The third-order valence-corrected chi connectivity index (χ3v) is 4.68. The predicted octanol–water partition coefficient (Wildman–Crippen LogP) is 2.91. The molecule has 1 amide bonds. The van der Waals surface area contributed by atoms with Crippen molar-refractivity contribution in [2.45, 2.75) is 51.2 Å². The number of hydrogen-bond donors (Lipinski definition) is 2. The maximum absolute atomic E-state index is 12.5. The van der Waals surface area contributed by atoms with Gasteiger partial charge in [0.1, 0.15) is 12.4 Å². The number of rotatable bonds is 8. The summed E-state index contributed by atoms with van der Waals surface area (Å²) in [5.41, 5.74) is 6.10. The van der Waals surface area contributed by atoms with Gasteiger partial charge in [0.05, 0.1) is 11.6 Å². The number of benzene rings is 1. The van der Waals surface area contributed by atoms with Crippen molar-refractivity contribution in [2.75, 3.05) is 19.8 Å². The van der Waals surface area contributed by atoms with Crippen LogP contribution in [0, 0.1) is 0 Å². The van der Waals surface area contributed by atoms with Crippen molar-refractivity contribution in [1.29, 1.82) is 0 Å². The number of nitrogens with two attached hydrogens (primary N) is 1. The van der Waals surface area contributed by atoms with Gasteiger partial charge in [0, 0.05) is 18.7 Å². The second kappa shape index (κ2) is 9.87. The largest absolute Gasteiger partial charge is 0.491 e. The first-order chi connectivity index (χ1) is 11.1. The number of nitrogens with one attached hydrogen (secondary N) is 1. The van der Waals surface area contributed by atoms with Gasteiger partial charge in [-0.2, -0.15) is 0 Å². The SMILES string of the molecule is CCC(CC)(CN)NC(=O)c1cccc(OCC2CCCO2)c1.Cl. The molecule has 1 aliphatic rings. The minimum Gasteiger partial charge on any atom is -0.491 e. The fourth-order valence-corrected chi connectivity index (χ4v) is 2.77. The highest BCUT2D eigenvalue weighted by Crippen LogP contribution is 2.19. The predicted molar refractivity (Wildman–Crippen MR) is 98.0 cm³/mol. The van der Waals surface area contributed by atoms with Crippen LogP contribution in [0.3, 0.4) is 0 Å². The summed E-state index contributed by atoms with van der Waals surface area (Å²) in [5, 5.41) is 3.08. The second-order valence-electron chi connectivity index (χ2n) is 6.12. The molecule has 0 aliphatic carbocycles. The lowest BCUT2D eigenvalue weighted by molar-refractivity contribution is 0.0679. The van der Waals surface area contributed by atoms with Gasteiger partial charge in [0.2, 0.25) is 0 Å². The number of amides is 1. The molecule has 1 atom stereocenters. The lowest BCUT2D eigenvalue weighted by atomic mass is 9.92. The lowest BCUT2D eigenvalue weighted by Gasteiger charge is -2.31. The zero-order chi connectivity index (χ0) is 16.7. The molecule has 24 heavy (non-hydrogen) atoms. The summed E-state index contributed by atoms with van der Waals surface area (Å²) in [4.78, 5) is 12.5. The fourth-order valence-electron chi connectivity index (χ4n) is 2.77. The normalized spacial score (nSPS) is 17.2. The average molecular weight is 357 g/mol. The minimum atomic E-state index is -0.342. The lowest BCUT2D eigenvalue weighted by Crippen LogP contribution is -2.52. The van der Waals surface area contributed by atoms with E-state index in [0.717, 1.165) is 32.3 Å². The summed E-state index contributed by atoms with van der Waals surface area (Å²) >= 11 is 0. The zero-order valence-electron chi connectivity index (χ0n) is 14.5. The van der Waals surface area contributed by atoms with Gasteiger partial charge in [-0.05, 0) is 43.9 Å². The highest BCUT2D eigenvalue weighted by Gasteiger charge is 2.26. The highest BCUT2D eigenvalue weighted by atomic mass is 35.5. The molecule has 0 radical (unpaired) electrons. The van der Waals surface area contributed by atoms with Gasteiger partial charge in [0.25, 0.3) is 5.91 Å². The van der Waals surface area contributed by atoms with E-state index in [0.29, 0.717) is 24.5 Å². The Hall–Kier alpha value is -1.30. The molecule has 0 saturated carbocycles. The summed E-state index contributed by atoms with van der Waals surface area (Å²) in [6.07, 6.45) is 3.90. The molecule has 5 nitrogen and oxygen atoms in total. The fraction of sp³-hybridized carbons (Fsp3) is 0.611. The van der Waals surface area contributed by atoms with Gasteiger partial charge < -0.3 is 20.5 Å². The van der Waals surface area contributed by atoms with Crippen molar-refractivity contribution in [3.63, 3.8) is 0 Å². The van der Waals surface area contributed by atoms with Crippen LogP contribution in [0.1, 0.15) is 49.9 Å². The molecular formula is C18H29ClN2O3. The number of hydrogen-bond acceptors (Lipinski definition) is 4. The molecule has 2 rings (SSSR count). The average Bonchev–Trinajstić information content (AvgIpc) is 3.12. The van der Waals surface area contributed by atoms with E-state index >= 15 is 0 Å². The van der Waals surface area contributed by atoms with Crippen LogP contribution in [0.15, 0.2) is 24.3 Å². The summed E-state index contributed by atoms with van der Waals surface area (Å²) in [6, 6.07) is 7.26. The molecule has 1 saturated heterocycles. The van der Waals surface area contributed by atoms with E-state index in [9.17, 15) is 4.79 Å². The molecule has 1 fully saturated rings. The second-order valence-corrected chi connectivity index (χ2v) is 6.12. The van der Waals surface area contributed by atoms with E-state index in [4.69, 9.17) is 15.2 Å². The van der Waals surface area contributed by atoms with Crippen molar-refractivity contribution in [2.24, 2.45) is 5.73 Å². The summed E-state index contributed by atoms with van der Waals surface area (Å²) in [6.45, 7) is 5.85. The van der Waals surface area contributed by atoms with Crippen molar-refractivity contribution in [1.82, 2.24) is 5.32 Å². The molecule has 1 aromatic rings. The number of halogens is 1. The molecule has 3 N–H and O–H groups in total. The van der Waals surface area contributed by atoms with Crippen molar-refractivity contribution >= 4 is 18.3 Å². The molecule has 136 valence electrons. The van der Waals surface area contributed by atoms with Crippen LogP contribution >= 0.6 is 12.4 Å². The van der Waals surface area contributed by atoms with E-state index in [2.05, 4.69) is 5.32 Å². The molecule has 0 spiro atoms. The summed E-state index contributed by atoms with van der Waals surface area (Å²) in [5.74, 6) is 0.584. The van der Waals surface area contributed by atoms with E-state index in [1.807, 2.05) is 26.0 Å². The van der Waals surface area contributed by atoms with Crippen LogP contribution in [0.4, 0.5) is 0 Å². The van der Waals surface area contributed by atoms with Crippen LogP contribution in [0.25, 0.3) is 0 Å². The Balaban J connectivity index is 0.00000288. The Morgan fingerprint density at radius 1 is 1.42 bits per heavy atom. The molecule has 1 aliphatic heterocycles. The van der Waals surface area contributed by atoms with Gasteiger partial charge in [0.15, 0.2) is 0 Å². The van der Waals surface area contributed by atoms with Crippen LogP contribution in [0.5, 0.6) is 5.75 Å². The van der Waals surface area contributed by atoms with Gasteiger partial charge in [-0.25, -0.2) is 0 Å². The Bertz CT molecular complexity index is 506. The van der Waals surface area contributed by atoms with Crippen LogP contribution < -0.4 is 15.8 Å². The standard InChI is InChI=1S/C18H28N2O3.ClH/c1-3-18(4-2,13-19)20-17(21)14-7-5-8-15(11-14)23-12-16-9-6-10-22-16;/h5,7-8,11,16H,3-4,6,9-10,12-13,19H2,1-2H3,(H,20,21);1H. The molecular weight excluding hydrogens is 328 g/mol. The topological polar surface area (TPSA) is 73.6 Å². The molecule has 6 heteroatoms. The Morgan fingerprint density at radius 2 is 2.17 bits per heavy atom. The maximum atomic E-state index is 12.5. The third kappa shape index (κ3) is 5.36. The van der Waals surface area contributed by atoms with Crippen molar-refractivity contribution < 1.29 is 14.3 Å². The Kier molecular flexibility index (Phi) is 8.53. The Labute approximate surface area is 150 Å². The van der Waals surface area contributed by atoms with Crippen molar-refractivity contribution in [3.8, 4) is 5.75 Å². The molecule has 1 heterocycles. The van der Waals surface area contributed by atoms with E-state index in [1.54, 1.807) is 12.1 Å². The van der Waals surface area contributed by atoms with Crippen LogP contribution in [-0.2, 0) is 4.74 Å². The molecule has 1 unspecified atom stereocenters. The van der Waals surface area contributed by atoms with Gasteiger partial charge in [-0.15, -0.1) is 12.4 Å². The number of carbonyl (C=O) groups excluding carboxylic acids is 1. The van der Waals surface area contributed by atoms with Gasteiger partial charge in [-0.1, -0.05) is 19.9 Å². The number of ether oxygens (including phenoxy) is 2. The molecule has 1 aromatic carbocycles. The molecule has 0 aromatic heterocycles. The van der Waals surface area contributed by atoms with E-state index in [-0.39, 0.29) is 30.0 Å². The zero-order valence-corrected chi connectivity index (χ0v) is 15.4. The van der Waals surface area contributed by atoms with Gasteiger partial charge >= 0.3 is 0 Å². The van der Waals surface area contributed by atoms with Gasteiger partial charge in [-0.3, -0.25) is 4.79 Å². The monoisotopic (exact) mass is 356 g/mol. The van der Waals surface area contributed by atoms with E-state index < -0.39 is 0 Å². The van der Waals surface area contributed by atoms with Crippen LogP contribution in [-0.4, -0.2) is 37.3 Å². The highest BCUT2D eigenvalue weighted by molar-refractivity contribution is 5.95. The number of carbonyl (C=O) groups is 1. The first kappa shape index (κ1) is 20.7.